The van der Waals surface area contributed by atoms with Crippen LogP contribution in [0.25, 0.3) is 5.57 Å². The lowest BCUT2D eigenvalue weighted by Gasteiger charge is -2.17. The number of nitrogens with zero attached hydrogens (tertiary/aromatic N) is 1. The van der Waals surface area contributed by atoms with Gasteiger partial charge in [-0.15, -0.1) is 0 Å². The minimum atomic E-state index is 0.150. The quantitative estimate of drug-likeness (QED) is 0.510. The lowest BCUT2D eigenvalue weighted by molar-refractivity contribution is 0.137. The summed E-state index contributed by atoms with van der Waals surface area (Å²) >= 11 is 0. The van der Waals surface area contributed by atoms with Crippen LogP contribution in [0.15, 0.2) is 58.8 Å². The average Bonchev–Trinajstić information content (AvgIpc) is 2.70. The predicted octanol–water partition coefficient (Wildman–Crippen LogP) is 5.14. The number of hydrogen-bond acceptors (Lipinski definition) is 3. The van der Waals surface area contributed by atoms with Crippen LogP contribution in [0, 0.1) is 0 Å². The number of ether oxygens (including phenoxy) is 2. The predicted molar refractivity (Wildman–Crippen MR) is 114 cm³/mol. The summed E-state index contributed by atoms with van der Waals surface area (Å²) in [5, 5.41) is 3.30. The van der Waals surface area contributed by atoms with Crippen molar-refractivity contribution in [2.24, 2.45) is 4.99 Å². The molecule has 0 amide bonds. The summed E-state index contributed by atoms with van der Waals surface area (Å²) in [7, 11) is 1.72. The van der Waals surface area contributed by atoms with E-state index < -0.39 is 0 Å². The van der Waals surface area contributed by atoms with Gasteiger partial charge in [0.05, 0.1) is 25.6 Å². The maximum absolute atomic E-state index is 5.52. The Morgan fingerprint density at radius 2 is 2.07 bits per heavy atom. The lowest BCUT2D eigenvalue weighted by atomic mass is 9.91. The number of allylic oxidation sites excluding steroid dienone is 5. The zero-order chi connectivity index (χ0) is 19.6. The summed E-state index contributed by atoms with van der Waals surface area (Å²) in [5.41, 5.74) is 4.92. The van der Waals surface area contributed by atoms with Gasteiger partial charge in [0.25, 0.3) is 0 Å². The van der Waals surface area contributed by atoms with Gasteiger partial charge in [-0.1, -0.05) is 30.4 Å². The molecule has 1 aliphatic carbocycles. The second-order valence-corrected chi connectivity index (χ2v) is 6.76. The molecular formula is C23H32N2O2. The first-order chi connectivity index (χ1) is 13.0. The van der Waals surface area contributed by atoms with Gasteiger partial charge in [-0.25, -0.2) is 0 Å². The van der Waals surface area contributed by atoms with Crippen molar-refractivity contribution < 1.29 is 9.47 Å². The van der Waals surface area contributed by atoms with Crippen LogP contribution in [0.3, 0.4) is 0 Å². The summed E-state index contributed by atoms with van der Waals surface area (Å²) in [6, 6.07) is 8.36. The standard InChI is InChI=1S/C23H32N2O2/c1-6-27-16-18(3)25-19(4)24-15-17(2)20-10-9-11-21(14-20)22-12-7-8-13-23(22)26-5/h7-8,10,12-15,18H,6,9,11,16H2,1-5H3,(H,24,25)/b17-15+. The molecular weight excluding hydrogens is 336 g/mol. The molecule has 1 aromatic carbocycles. The molecule has 1 aromatic rings. The van der Waals surface area contributed by atoms with Crippen LogP contribution < -0.4 is 10.1 Å². The smallest absolute Gasteiger partial charge is 0.126 e. The van der Waals surface area contributed by atoms with E-state index in [4.69, 9.17) is 9.47 Å². The number of rotatable bonds is 8. The Kier molecular flexibility index (Phi) is 8.34. The fraction of sp³-hybridized carbons (Fsp3) is 0.435. The van der Waals surface area contributed by atoms with E-state index in [1.807, 2.05) is 32.2 Å². The molecule has 2 rings (SSSR count). The Labute approximate surface area is 163 Å². The third kappa shape index (κ3) is 6.40. The molecule has 4 nitrogen and oxygen atoms in total. The van der Waals surface area contributed by atoms with E-state index in [9.17, 15) is 0 Å². The van der Waals surface area contributed by atoms with Gasteiger partial charge in [-0.05, 0) is 63.3 Å². The fourth-order valence-corrected chi connectivity index (χ4v) is 3.09. The molecule has 0 fully saturated rings. The summed E-state index contributed by atoms with van der Waals surface area (Å²) in [5.74, 6) is 1.82. The number of aliphatic imine (C=N–C) groups is 1. The largest absolute Gasteiger partial charge is 0.496 e. The van der Waals surface area contributed by atoms with Crippen LogP contribution >= 0.6 is 0 Å². The molecule has 4 heteroatoms. The van der Waals surface area contributed by atoms with Gasteiger partial charge in [0.2, 0.25) is 0 Å². The van der Waals surface area contributed by atoms with Gasteiger partial charge in [-0.2, -0.15) is 0 Å². The number of benzene rings is 1. The molecule has 1 atom stereocenters. The maximum atomic E-state index is 5.52. The zero-order valence-corrected chi connectivity index (χ0v) is 17.2. The molecule has 0 aromatic heterocycles. The van der Waals surface area contributed by atoms with E-state index in [1.165, 1.54) is 22.3 Å². The Morgan fingerprint density at radius 3 is 2.81 bits per heavy atom. The minimum absolute atomic E-state index is 0.150. The number of hydrogen-bond donors (Lipinski definition) is 1. The first-order valence-corrected chi connectivity index (χ1v) is 9.65. The molecule has 0 aliphatic heterocycles. The van der Waals surface area contributed by atoms with Crippen molar-refractivity contribution in [3.05, 3.63) is 59.3 Å². The van der Waals surface area contributed by atoms with Crippen LogP contribution in [0.4, 0.5) is 0 Å². The Balaban J connectivity index is 2.08. The van der Waals surface area contributed by atoms with Gasteiger partial charge in [0.1, 0.15) is 5.75 Å². The topological polar surface area (TPSA) is 42.8 Å². The minimum Gasteiger partial charge on any atom is -0.496 e. The zero-order valence-electron chi connectivity index (χ0n) is 17.2. The average molecular weight is 369 g/mol. The van der Waals surface area contributed by atoms with Crippen LogP contribution in [-0.2, 0) is 4.74 Å². The highest BCUT2D eigenvalue weighted by Gasteiger charge is 2.12. The first-order valence-electron chi connectivity index (χ1n) is 9.65. The second kappa shape index (κ2) is 10.7. The van der Waals surface area contributed by atoms with E-state index in [0.717, 1.165) is 31.0 Å². The second-order valence-electron chi connectivity index (χ2n) is 6.76. The lowest BCUT2D eigenvalue weighted by Crippen LogP contribution is -2.19. The number of para-hydroxylation sites is 1. The molecule has 0 bridgehead atoms. The van der Waals surface area contributed by atoms with Gasteiger partial charge in [0.15, 0.2) is 0 Å². The van der Waals surface area contributed by atoms with Crippen molar-refractivity contribution in [1.29, 1.82) is 0 Å². The normalized spacial score (nSPS) is 16.5. The van der Waals surface area contributed by atoms with E-state index >= 15 is 0 Å². The summed E-state index contributed by atoms with van der Waals surface area (Å²) in [6.07, 6.45) is 8.64. The third-order valence-corrected chi connectivity index (χ3v) is 4.49. The summed E-state index contributed by atoms with van der Waals surface area (Å²) in [6.45, 7) is 9.53. The molecule has 0 radical (unpaired) electrons. The van der Waals surface area contributed by atoms with Crippen molar-refractivity contribution in [2.45, 2.75) is 46.6 Å². The Hall–Kier alpha value is -2.33. The molecule has 0 saturated carbocycles. The SMILES string of the molecule is CCOCC(C)N=C(C)N/C=C(\C)C1=CCCC(c2ccccc2OC)=C1. The molecule has 0 saturated heterocycles. The van der Waals surface area contributed by atoms with Crippen LogP contribution in [-0.4, -0.2) is 32.2 Å². The van der Waals surface area contributed by atoms with Crippen molar-refractivity contribution in [1.82, 2.24) is 5.32 Å². The van der Waals surface area contributed by atoms with Gasteiger partial charge < -0.3 is 14.8 Å². The first kappa shape index (κ1) is 21.0. The maximum Gasteiger partial charge on any atom is 0.126 e. The van der Waals surface area contributed by atoms with Crippen LogP contribution in [0.1, 0.15) is 46.1 Å². The molecule has 1 aliphatic rings. The van der Waals surface area contributed by atoms with E-state index in [-0.39, 0.29) is 6.04 Å². The number of amidine groups is 1. The van der Waals surface area contributed by atoms with Crippen LogP contribution in [0.2, 0.25) is 0 Å². The summed E-state index contributed by atoms with van der Waals surface area (Å²) < 4.78 is 10.9. The Bertz CT molecular complexity index is 745. The number of nitrogens with one attached hydrogen (secondary N) is 1. The molecule has 146 valence electrons. The number of methoxy groups -OCH3 is 1. The van der Waals surface area contributed by atoms with Crippen molar-refractivity contribution >= 4 is 11.4 Å². The summed E-state index contributed by atoms with van der Waals surface area (Å²) in [4.78, 5) is 4.60. The van der Waals surface area contributed by atoms with Crippen molar-refractivity contribution in [3.63, 3.8) is 0 Å². The fourth-order valence-electron chi connectivity index (χ4n) is 3.09. The molecule has 0 heterocycles. The van der Waals surface area contributed by atoms with Crippen molar-refractivity contribution in [2.75, 3.05) is 20.3 Å². The van der Waals surface area contributed by atoms with Gasteiger partial charge >= 0.3 is 0 Å². The van der Waals surface area contributed by atoms with E-state index in [0.29, 0.717) is 6.61 Å². The van der Waals surface area contributed by atoms with Gasteiger partial charge in [0, 0.05) is 18.4 Å². The molecule has 0 spiro atoms. The van der Waals surface area contributed by atoms with E-state index in [2.05, 4.69) is 48.4 Å². The van der Waals surface area contributed by atoms with Crippen molar-refractivity contribution in [3.8, 4) is 5.75 Å². The van der Waals surface area contributed by atoms with Gasteiger partial charge in [-0.3, -0.25) is 4.99 Å². The van der Waals surface area contributed by atoms with Crippen LogP contribution in [0.5, 0.6) is 5.75 Å². The molecule has 27 heavy (non-hydrogen) atoms. The monoisotopic (exact) mass is 368 g/mol. The molecule has 1 N–H and O–H groups in total. The highest BCUT2D eigenvalue weighted by molar-refractivity contribution is 5.81. The molecule has 1 unspecified atom stereocenters. The highest BCUT2D eigenvalue weighted by atomic mass is 16.5. The Morgan fingerprint density at radius 1 is 1.30 bits per heavy atom. The van der Waals surface area contributed by atoms with E-state index in [1.54, 1.807) is 7.11 Å². The third-order valence-electron chi connectivity index (χ3n) is 4.49. The highest BCUT2D eigenvalue weighted by Crippen LogP contribution is 2.33.